The van der Waals surface area contributed by atoms with Crippen LogP contribution >= 0.6 is 0 Å². The fourth-order valence-electron chi connectivity index (χ4n) is 0. The molecule has 0 saturated heterocycles. The first kappa shape index (κ1) is 37.1. The molecular weight excluding hydrogens is 273 g/mol. The van der Waals surface area contributed by atoms with Crippen LogP contribution in [-0.4, -0.2) is 63.6 Å². The second kappa shape index (κ2) is 19.9. The van der Waals surface area contributed by atoms with E-state index in [1.54, 1.807) is 0 Å². The zero-order valence-corrected chi connectivity index (χ0v) is 9.64. The Labute approximate surface area is 69.0 Å². The monoisotopic (exact) mass is 273 g/mol. The van der Waals surface area contributed by atoms with Crippen molar-refractivity contribution in [3.8, 4) is 0 Å². The molecule has 0 radical (unpaired) electrons. The summed E-state index contributed by atoms with van der Waals surface area (Å²) in [6.07, 6.45) is 0. The molecule has 0 aromatic carbocycles. The van der Waals surface area contributed by atoms with Crippen LogP contribution in [-0.2, 0) is 0 Å². The Bertz CT molecular complexity index is 8.00. The smallest absolute Gasteiger partial charge is 3.00 e. The topological polar surface area (TPSA) is 30.5 Å². The van der Waals surface area contributed by atoms with Gasteiger partial charge in [0.25, 0.3) is 0 Å². The largest absolute Gasteiger partial charge is 3.00 e. The molecule has 0 N–H and O–H groups in total. The van der Waals surface area contributed by atoms with Crippen molar-refractivity contribution in [1.29, 1.82) is 0 Å². The third-order valence-electron chi connectivity index (χ3n) is 0. The predicted molar refractivity (Wildman–Crippen MR) is 20.6 cm³/mol. The van der Waals surface area contributed by atoms with Crippen molar-refractivity contribution in [2.24, 2.45) is 0 Å². The quantitative estimate of drug-likeness (QED) is 0.515. The molecule has 16 valence electrons. The number of nitrogens with zero attached hydrogens (tertiary/aromatic N) is 1. The van der Waals surface area contributed by atoms with Crippen LogP contribution < -0.4 is 0 Å². The minimum atomic E-state index is 0. The number of hydrogen-bond donors (Lipinski definition) is 0. The molecule has 0 aliphatic carbocycles. The van der Waals surface area contributed by atoms with Crippen LogP contribution in [0.25, 0.3) is 6.15 Å². The van der Waals surface area contributed by atoms with Crippen molar-refractivity contribution in [2.45, 2.75) is 0 Å². The molecular formula is AsGaInN. The third kappa shape index (κ3) is 8.98. The summed E-state index contributed by atoms with van der Waals surface area (Å²) in [6, 6.07) is 0. The fraction of sp³-hybridized carbons (Fsp3) is 0. The van der Waals surface area contributed by atoms with Crippen molar-refractivity contribution in [3.63, 3.8) is 0 Å². The van der Waals surface area contributed by atoms with E-state index in [-0.39, 0.29) is 69.7 Å². The summed E-state index contributed by atoms with van der Waals surface area (Å²) in [5.41, 5.74) is 0. The van der Waals surface area contributed by atoms with Crippen LogP contribution in [0.1, 0.15) is 0 Å². The van der Waals surface area contributed by atoms with E-state index in [9.17, 15) is 0 Å². The molecule has 1 nitrogen and oxygen atoms in total. The summed E-state index contributed by atoms with van der Waals surface area (Å²) < 4.78 is 0. The first-order valence-corrected chi connectivity index (χ1v) is 0. The Balaban J connectivity index is 0. The van der Waals surface area contributed by atoms with E-state index >= 15 is 0 Å². The van der Waals surface area contributed by atoms with Gasteiger partial charge in [-0.2, -0.15) is 0 Å². The van der Waals surface area contributed by atoms with E-state index in [2.05, 4.69) is 0 Å². The average Bonchev–Trinajstić information content (AvgIpc) is 0. The summed E-state index contributed by atoms with van der Waals surface area (Å²) in [7, 11) is 0. The van der Waals surface area contributed by atoms with Crippen molar-refractivity contribution >= 4 is 63.6 Å². The molecule has 0 bridgehead atoms. The normalized spacial score (nSPS) is 0. The molecule has 0 unspecified atom stereocenters. The van der Waals surface area contributed by atoms with Crippen LogP contribution in [0.3, 0.4) is 0 Å². The number of rotatable bonds is 0. The van der Waals surface area contributed by atoms with E-state index < -0.39 is 0 Å². The molecule has 0 saturated carbocycles. The van der Waals surface area contributed by atoms with Gasteiger partial charge in [-0.1, -0.05) is 0 Å². The molecule has 0 rings (SSSR count). The van der Waals surface area contributed by atoms with Gasteiger partial charge in [0.1, 0.15) is 0 Å². The summed E-state index contributed by atoms with van der Waals surface area (Å²) in [6.45, 7) is 0. The molecule has 0 heterocycles. The first-order chi connectivity index (χ1) is 0. The van der Waals surface area contributed by atoms with Gasteiger partial charge in [0, 0.05) is 0 Å². The Morgan fingerprint density at radius 2 is 1.00 bits per heavy atom. The van der Waals surface area contributed by atoms with E-state index in [1.807, 2.05) is 0 Å². The van der Waals surface area contributed by atoms with Gasteiger partial charge in [-0.05, 0) is 0 Å². The van der Waals surface area contributed by atoms with Crippen LogP contribution in [0.5, 0.6) is 0 Å². The molecule has 0 aromatic rings. The average molecular weight is 273 g/mol. The summed E-state index contributed by atoms with van der Waals surface area (Å²) in [5, 5.41) is 0. The molecule has 0 spiro atoms. The van der Waals surface area contributed by atoms with Gasteiger partial charge in [0.2, 0.25) is 0 Å². The minimum absolute atomic E-state index is 0. The van der Waals surface area contributed by atoms with Crippen LogP contribution in [0, 0.1) is 0 Å². The van der Waals surface area contributed by atoms with Crippen LogP contribution in [0.2, 0.25) is 0 Å². The molecule has 0 aliphatic rings. The summed E-state index contributed by atoms with van der Waals surface area (Å²) in [4.78, 5) is 0. The second-order valence-corrected chi connectivity index (χ2v) is 0. The van der Waals surface area contributed by atoms with E-state index in [1.165, 1.54) is 0 Å². The molecule has 0 aromatic heterocycles. The molecule has 0 atom stereocenters. The Morgan fingerprint density at radius 3 is 1.00 bits per heavy atom. The molecule has 0 fully saturated rings. The molecule has 0 aliphatic heterocycles. The van der Waals surface area contributed by atoms with Gasteiger partial charge in [0.15, 0.2) is 0 Å². The van der Waals surface area contributed by atoms with Gasteiger partial charge in [0.05, 0.1) is 0 Å². The van der Waals surface area contributed by atoms with Gasteiger partial charge < -0.3 is 24.1 Å². The van der Waals surface area contributed by atoms with Crippen molar-refractivity contribution in [3.05, 3.63) is 6.15 Å². The zero-order chi connectivity index (χ0) is 0. The standard InChI is InChI=1S/As.Ga.In.N/q-3;2*+3;-3. The summed E-state index contributed by atoms with van der Waals surface area (Å²) >= 11 is 0. The molecule has 4 heavy (non-hydrogen) atoms. The Morgan fingerprint density at radius 1 is 1.00 bits per heavy atom. The maximum atomic E-state index is 0. The van der Waals surface area contributed by atoms with Crippen molar-refractivity contribution in [2.75, 3.05) is 0 Å². The SMILES string of the molecule is [As-3].[Ga+3].[In+3].[N-3]. The van der Waals surface area contributed by atoms with E-state index in [4.69, 9.17) is 0 Å². The van der Waals surface area contributed by atoms with Crippen LogP contribution in [0.4, 0.5) is 0 Å². The van der Waals surface area contributed by atoms with E-state index in [0.29, 0.717) is 0 Å². The Kier molecular flexibility index (Phi) is 184. The molecule has 4 heteroatoms. The van der Waals surface area contributed by atoms with E-state index in [0.717, 1.165) is 0 Å². The summed E-state index contributed by atoms with van der Waals surface area (Å²) in [5.74, 6) is 0. The van der Waals surface area contributed by atoms with Gasteiger partial charge in [-0.25, -0.2) is 0 Å². The van der Waals surface area contributed by atoms with Crippen molar-refractivity contribution < 1.29 is 0 Å². The van der Waals surface area contributed by atoms with Crippen molar-refractivity contribution in [1.82, 2.24) is 0 Å². The van der Waals surface area contributed by atoms with Gasteiger partial charge in [-0.15, -0.1) is 0 Å². The third-order valence-corrected chi connectivity index (χ3v) is 0. The second-order valence-electron chi connectivity index (χ2n) is 0. The predicted octanol–water partition coefficient (Wildman–Crippen LogP) is -0.854. The maximum Gasteiger partial charge on any atom is 3.00 e. The van der Waals surface area contributed by atoms with Gasteiger partial charge in [-0.3, -0.25) is 0 Å². The van der Waals surface area contributed by atoms with Gasteiger partial charge >= 0.3 is 45.6 Å². The maximum absolute atomic E-state index is 0. The van der Waals surface area contributed by atoms with Crippen LogP contribution in [0.15, 0.2) is 0 Å². The zero-order valence-electron chi connectivity index (χ0n) is 2.05. The number of hydrogen-bond acceptors (Lipinski definition) is 0. The molecule has 0 amide bonds. The fourth-order valence-corrected chi connectivity index (χ4v) is 0. The first-order valence-electron chi connectivity index (χ1n) is 0. The Hall–Kier alpha value is 2.02. The minimum Gasteiger partial charge on any atom is -3.00 e.